The van der Waals surface area contributed by atoms with Crippen LogP contribution in [0.3, 0.4) is 0 Å². The van der Waals surface area contributed by atoms with Crippen molar-refractivity contribution < 1.29 is 8.85 Å². The van der Waals surface area contributed by atoms with Crippen LogP contribution in [0.1, 0.15) is 89.9 Å². The van der Waals surface area contributed by atoms with Gasteiger partial charge in [0.25, 0.3) is 0 Å². The van der Waals surface area contributed by atoms with E-state index in [0.717, 1.165) is 18.3 Å². The van der Waals surface area contributed by atoms with Crippen LogP contribution in [0.2, 0.25) is 12.1 Å². The molecular weight excluding hydrogens is 376 g/mol. The molecule has 28 heavy (non-hydrogen) atoms. The van der Waals surface area contributed by atoms with Crippen LogP contribution in [-0.4, -0.2) is 30.3 Å². The van der Waals surface area contributed by atoms with Gasteiger partial charge in [-0.2, -0.15) is 0 Å². The number of rotatable bonds is 10. The van der Waals surface area contributed by atoms with Crippen molar-refractivity contribution in [1.29, 1.82) is 0 Å². The van der Waals surface area contributed by atoms with Crippen LogP contribution in [0.5, 0.6) is 0 Å². The molecule has 0 aliphatic heterocycles. The molecule has 4 heteroatoms. The van der Waals surface area contributed by atoms with Crippen molar-refractivity contribution >= 4 is 18.1 Å². The molecule has 2 nitrogen and oxygen atoms in total. The molecule has 3 fully saturated rings. The minimum Gasteiger partial charge on any atom is -0.413 e. The highest BCUT2D eigenvalue weighted by Crippen LogP contribution is 2.32. The summed E-state index contributed by atoms with van der Waals surface area (Å²) >= 11 is 0. The summed E-state index contributed by atoms with van der Waals surface area (Å²) < 4.78 is 13.3. The molecular formula is C24H44O2Si2. The van der Waals surface area contributed by atoms with E-state index in [1.807, 2.05) is 0 Å². The van der Waals surface area contributed by atoms with Gasteiger partial charge >= 0.3 is 0 Å². The van der Waals surface area contributed by atoms with Gasteiger partial charge < -0.3 is 8.85 Å². The fourth-order valence-corrected chi connectivity index (χ4v) is 10.3. The van der Waals surface area contributed by atoms with E-state index in [-0.39, 0.29) is 0 Å². The van der Waals surface area contributed by atoms with Gasteiger partial charge in [0, 0.05) is 12.2 Å². The van der Waals surface area contributed by atoms with Crippen molar-refractivity contribution in [3.05, 3.63) is 24.6 Å². The molecule has 4 unspecified atom stereocenters. The minimum absolute atomic E-state index is 0.422. The Morgan fingerprint density at radius 1 is 0.607 bits per heavy atom. The lowest BCUT2D eigenvalue weighted by atomic mass is 9.91. The fraction of sp³-hybridized carbons (Fsp3) is 0.833. The summed E-state index contributed by atoms with van der Waals surface area (Å²) in [6, 6.07) is 2.63. The van der Waals surface area contributed by atoms with Crippen molar-refractivity contribution in [3.63, 3.8) is 0 Å². The summed E-state index contributed by atoms with van der Waals surface area (Å²) in [6.07, 6.45) is 20.0. The first kappa shape index (κ1) is 22.5. The molecule has 4 atom stereocenters. The predicted octanol–water partition coefficient (Wildman–Crippen LogP) is 6.39. The Kier molecular flexibility index (Phi) is 10.1. The van der Waals surface area contributed by atoms with Gasteiger partial charge in [0.05, 0.1) is 0 Å². The third-order valence-electron chi connectivity index (χ3n) is 7.42. The topological polar surface area (TPSA) is 18.5 Å². The fourth-order valence-electron chi connectivity index (χ4n) is 5.76. The van der Waals surface area contributed by atoms with Gasteiger partial charge in [0.2, 0.25) is 18.1 Å². The molecule has 0 radical (unpaired) electrons. The van der Waals surface area contributed by atoms with Gasteiger partial charge in [-0.1, -0.05) is 75.6 Å². The van der Waals surface area contributed by atoms with Crippen molar-refractivity contribution in [3.8, 4) is 0 Å². The van der Waals surface area contributed by atoms with Crippen LogP contribution in [0, 0.1) is 11.8 Å². The second-order valence-corrected chi connectivity index (χ2v) is 14.3. The van der Waals surface area contributed by atoms with Gasteiger partial charge in [-0.05, 0) is 49.6 Å². The van der Waals surface area contributed by atoms with E-state index in [0.29, 0.717) is 12.2 Å². The average Bonchev–Trinajstić information content (AvgIpc) is 2.74. The van der Waals surface area contributed by atoms with E-state index in [9.17, 15) is 0 Å². The van der Waals surface area contributed by atoms with E-state index in [1.165, 1.54) is 95.6 Å². The van der Waals surface area contributed by atoms with Crippen LogP contribution >= 0.6 is 0 Å². The highest BCUT2D eigenvalue weighted by molar-refractivity contribution is 6.58. The number of hydrogen-bond acceptors (Lipinski definition) is 2. The zero-order valence-corrected chi connectivity index (χ0v) is 20.5. The second-order valence-electron chi connectivity index (χ2n) is 9.71. The lowest BCUT2D eigenvalue weighted by Gasteiger charge is -2.34. The molecule has 0 amide bonds. The molecule has 3 aliphatic carbocycles. The van der Waals surface area contributed by atoms with E-state index < -0.39 is 18.1 Å². The molecule has 0 aromatic rings. The molecule has 3 rings (SSSR count). The Morgan fingerprint density at radius 3 is 1.43 bits per heavy atom. The zero-order valence-electron chi connectivity index (χ0n) is 18.2. The molecule has 0 aromatic heterocycles. The standard InChI is InChI=1S/C24H44O2Si2/c1-3-27(19-21-12-7-5-8-13-21)25-23-16-11-17-24(18-23)26-28(4-2)20-22-14-9-6-10-15-22/h3-4,21-24,27-28H,1-2,5-20H2. The van der Waals surface area contributed by atoms with Crippen molar-refractivity contribution in [2.24, 2.45) is 11.8 Å². The van der Waals surface area contributed by atoms with E-state index in [1.54, 1.807) is 0 Å². The first-order valence-electron chi connectivity index (χ1n) is 12.3. The largest absolute Gasteiger partial charge is 0.413 e. The molecule has 160 valence electrons. The summed E-state index contributed by atoms with van der Waals surface area (Å²) in [6.45, 7) is 8.27. The Morgan fingerprint density at radius 2 is 1.04 bits per heavy atom. The molecule has 0 aromatic carbocycles. The smallest absolute Gasteiger partial charge is 0.201 e. The van der Waals surface area contributed by atoms with Crippen LogP contribution < -0.4 is 0 Å². The third kappa shape index (κ3) is 7.58. The lowest BCUT2D eigenvalue weighted by Crippen LogP contribution is -2.36. The summed E-state index contributed by atoms with van der Waals surface area (Å²) in [7, 11) is -2.52. The molecule has 0 saturated heterocycles. The van der Waals surface area contributed by atoms with Crippen molar-refractivity contribution in [1.82, 2.24) is 0 Å². The van der Waals surface area contributed by atoms with Gasteiger partial charge in [-0.3, -0.25) is 0 Å². The molecule has 0 bridgehead atoms. The quantitative estimate of drug-likeness (QED) is 0.381. The van der Waals surface area contributed by atoms with E-state index in [4.69, 9.17) is 8.85 Å². The first-order valence-corrected chi connectivity index (χ1v) is 16.2. The maximum absolute atomic E-state index is 6.67. The maximum atomic E-state index is 6.67. The highest BCUT2D eigenvalue weighted by Gasteiger charge is 2.29. The lowest BCUT2D eigenvalue weighted by molar-refractivity contribution is 0.0659. The molecule has 3 aliphatic rings. The molecule has 0 spiro atoms. The van der Waals surface area contributed by atoms with E-state index >= 15 is 0 Å². The van der Waals surface area contributed by atoms with Crippen LogP contribution in [0.4, 0.5) is 0 Å². The number of hydrogen-bond donors (Lipinski definition) is 0. The van der Waals surface area contributed by atoms with Crippen LogP contribution in [0.15, 0.2) is 24.6 Å². The summed E-state index contributed by atoms with van der Waals surface area (Å²) in [4.78, 5) is 0. The van der Waals surface area contributed by atoms with Gasteiger partial charge in [-0.25, -0.2) is 0 Å². The van der Waals surface area contributed by atoms with E-state index in [2.05, 4.69) is 24.6 Å². The van der Waals surface area contributed by atoms with Crippen molar-refractivity contribution in [2.75, 3.05) is 0 Å². The Labute approximate surface area is 177 Å². The Balaban J connectivity index is 1.42. The van der Waals surface area contributed by atoms with Crippen LogP contribution in [-0.2, 0) is 8.85 Å². The summed E-state index contributed by atoms with van der Waals surface area (Å²) in [5.41, 5.74) is 4.40. The Hall–Kier alpha value is -0.166. The monoisotopic (exact) mass is 420 g/mol. The van der Waals surface area contributed by atoms with Gasteiger partial charge in [0.15, 0.2) is 0 Å². The van der Waals surface area contributed by atoms with Crippen molar-refractivity contribution in [2.45, 2.75) is 114 Å². The summed E-state index contributed by atoms with van der Waals surface area (Å²) in [5, 5.41) is 0. The predicted molar refractivity (Wildman–Crippen MR) is 126 cm³/mol. The van der Waals surface area contributed by atoms with Gasteiger partial charge in [0.1, 0.15) is 0 Å². The molecule has 0 N–H and O–H groups in total. The normalized spacial score (nSPS) is 29.9. The molecule has 0 heterocycles. The summed E-state index contributed by atoms with van der Waals surface area (Å²) in [5.74, 6) is 1.82. The average molecular weight is 421 g/mol. The SMILES string of the molecule is C=C[SiH](CC1CCCCC1)OC1CCCC(O[SiH](C=C)CC2CCCCC2)C1. The minimum atomic E-state index is -1.26. The highest BCUT2D eigenvalue weighted by atomic mass is 28.3. The van der Waals surface area contributed by atoms with Crippen LogP contribution in [0.25, 0.3) is 0 Å². The Bertz CT molecular complexity index is 418. The zero-order chi connectivity index (χ0) is 19.6. The van der Waals surface area contributed by atoms with Gasteiger partial charge in [-0.15, -0.1) is 13.2 Å². The molecule has 3 saturated carbocycles. The second kappa shape index (κ2) is 12.5. The third-order valence-corrected chi connectivity index (χ3v) is 12.2. The first-order chi connectivity index (χ1) is 13.8. The maximum Gasteiger partial charge on any atom is 0.201 e.